The topological polar surface area (TPSA) is 26.3 Å². The molecule has 0 aromatic rings. The van der Waals surface area contributed by atoms with Gasteiger partial charge in [-0.3, -0.25) is 4.79 Å². The number of esters is 1. The lowest BCUT2D eigenvalue weighted by atomic mass is 10.1. The summed E-state index contributed by atoms with van der Waals surface area (Å²) in [6, 6.07) is 1.30. The lowest BCUT2D eigenvalue weighted by Crippen LogP contribution is -2.00. The third-order valence-corrected chi connectivity index (χ3v) is 4.40. The van der Waals surface area contributed by atoms with Gasteiger partial charge in [0.1, 0.15) is 8.83 Å². The number of carbonyl (C=O) groups excluding carboxylic acids is 1. The van der Waals surface area contributed by atoms with Crippen LogP contribution in [-0.4, -0.2) is 21.4 Å². The first-order valence-electron chi connectivity index (χ1n) is 6.96. The van der Waals surface area contributed by atoms with E-state index in [9.17, 15) is 4.79 Å². The molecule has 0 rings (SSSR count). The first-order valence-corrected chi connectivity index (χ1v) is 10.1. The van der Waals surface area contributed by atoms with E-state index in [2.05, 4.69) is 0 Å². The Labute approximate surface area is 113 Å². The molecule has 0 aliphatic carbocycles. The van der Waals surface area contributed by atoms with Crippen LogP contribution in [0.1, 0.15) is 64.7 Å². The van der Waals surface area contributed by atoms with E-state index in [-0.39, 0.29) is 14.8 Å². The van der Waals surface area contributed by atoms with Crippen LogP contribution >= 0.6 is 11.1 Å². The summed E-state index contributed by atoms with van der Waals surface area (Å²) in [7, 11) is -0.212. The van der Waals surface area contributed by atoms with Crippen molar-refractivity contribution >= 4 is 25.9 Å². The molecule has 0 aromatic carbocycles. The van der Waals surface area contributed by atoms with Crippen LogP contribution < -0.4 is 0 Å². The average molecular weight is 279 g/mol. The highest BCUT2D eigenvalue weighted by Gasteiger charge is 1.94. The Kier molecular flexibility index (Phi) is 14.0. The summed E-state index contributed by atoms with van der Waals surface area (Å²) in [6.45, 7) is 2.06. The Bertz CT molecular complexity index is 177. The van der Waals surface area contributed by atoms with Gasteiger partial charge in [0.25, 0.3) is 0 Å². The maximum absolute atomic E-state index is 10.5. The Morgan fingerprint density at radius 3 is 1.88 bits per heavy atom. The van der Waals surface area contributed by atoms with Gasteiger partial charge in [0.05, 0.1) is 6.61 Å². The zero-order chi connectivity index (χ0) is 12.8. The predicted octanol–water partition coefficient (Wildman–Crippen LogP) is 3.80. The number of hydrogen-bond donors (Lipinski definition) is 0. The van der Waals surface area contributed by atoms with E-state index < -0.39 is 0 Å². The van der Waals surface area contributed by atoms with Crippen LogP contribution in [-0.2, 0) is 9.53 Å². The van der Waals surface area contributed by atoms with Crippen LogP contribution in [0.4, 0.5) is 0 Å². The van der Waals surface area contributed by atoms with Crippen molar-refractivity contribution < 1.29 is 9.53 Å². The van der Waals surface area contributed by atoms with Gasteiger partial charge in [-0.1, -0.05) is 51.4 Å². The molecule has 0 N–H and O–H groups in total. The lowest BCUT2D eigenvalue weighted by Gasteiger charge is -2.03. The third-order valence-electron chi connectivity index (χ3n) is 2.83. The number of halogens is 1. The second-order valence-corrected chi connectivity index (χ2v) is 6.78. The smallest absolute Gasteiger partial charge is 0.302 e. The predicted molar refractivity (Wildman–Crippen MR) is 77.4 cm³/mol. The van der Waals surface area contributed by atoms with Gasteiger partial charge >= 0.3 is 5.97 Å². The average Bonchev–Trinajstić information content (AvgIpc) is 2.30. The summed E-state index contributed by atoms with van der Waals surface area (Å²) in [5, 5.41) is 0. The summed E-state index contributed by atoms with van der Waals surface area (Å²) in [5.41, 5.74) is 0. The molecule has 0 aliphatic heterocycles. The fraction of sp³-hybridized carbons (Fsp3) is 0.923. The van der Waals surface area contributed by atoms with Gasteiger partial charge in [-0.05, 0) is 12.5 Å². The maximum atomic E-state index is 10.5. The molecule has 0 amide bonds. The van der Waals surface area contributed by atoms with E-state index in [0.717, 1.165) is 6.42 Å². The highest BCUT2D eigenvalue weighted by molar-refractivity contribution is 6.93. The summed E-state index contributed by atoms with van der Waals surface area (Å²) in [5.74, 6) is -0.162. The Hall–Kier alpha value is -0.0231. The number of rotatable bonds is 12. The van der Waals surface area contributed by atoms with Crippen molar-refractivity contribution in [2.75, 3.05) is 6.61 Å². The molecule has 0 radical (unpaired) electrons. The van der Waals surface area contributed by atoms with Gasteiger partial charge in [0.2, 0.25) is 0 Å². The summed E-state index contributed by atoms with van der Waals surface area (Å²) in [4.78, 5) is 10.5. The molecule has 0 saturated heterocycles. The standard InChI is InChI=1S/C13H27ClO2Si/c1-13(15)16-11-9-7-5-3-2-4-6-8-10-12-17-14/h2-12,17H2,1H3. The summed E-state index contributed by atoms with van der Waals surface area (Å²) >= 11 is 5.75. The fourth-order valence-corrected chi connectivity index (χ4v) is 2.94. The maximum Gasteiger partial charge on any atom is 0.302 e. The van der Waals surface area contributed by atoms with Gasteiger partial charge in [0.15, 0.2) is 0 Å². The molecule has 0 bridgehead atoms. The van der Waals surface area contributed by atoms with Crippen molar-refractivity contribution in [1.82, 2.24) is 0 Å². The van der Waals surface area contributed by atoms with Crippen LogP contribution in [0.2, 0.25) is 6.04 Å². The molecule has 0 unspecified atom stereocenters. The molecule has 0 aliphatic rings. The minimum Gasteiger partial charge on any atom is -0.466 e. The summed E-state index contributed by atoms with van der Waals surface area (Å²) in [6.07, 6.45) is 11.6. The van der Waals surface area contributed by atoms with Crippen molar-refractivity contribution in [1.29, 1.82) is 0 Å². The SMILES string of the molecule is CC(=O)OCCCCCCCCCCC[SiH2]Cl. The van der Waals surface area contributed by atoms with Gasteiger partial charge in [-0.15, -0.1) is 0 Å². The Balaban J connectivity index is 2.91. The Morgan fingerprint density at radius 2 is 1.41 bits per heavy atom. The molecule has 17 heavy (non-hydrogen) atoms. The van der Waals surface area contributed by atoms with Gasteiger partial charge in [0, 0.05) is 6.92 Å². The van der Waals surface area contributed by atoms with E-state index in [1.165, 1.54) is 64.3 Å². The van der Waals surface area contributed by atoms with Crippen LogP contribution in [0.5, 0.6) is 0 Å². The molecule has 2 nitrogen and oxygen atoms in total. The first kappa shape index (κ1) is 17.0. The van der Waals surface area contributed by atoms with Gasteiger partial charge in [-0.2, -0.15) is 11.1 Å². The molecule has 4 heteroatoms. The second kappa shape index (κ2) is 14.0. The normalized spacial score (nSPS) is 11.2. The van der Waals surface area contributed by atoms with Crippen LogP contribution in [0, 0.1) is 0 Å². The third kappa shape index (κ3) is 16.0. The number of unbranched alkanes of at least 4 members (excludes halogenated alkanes) is 8. The van der Waals surface area contributed by atoms with Crippen LogP contribution in [0.3, 0.4) is 0 Å². The first-order chi connectivity index (χ1) is 8.27. The number of hydrogen-bond acceptors (Lipinski definition) is 2. The van der Waals surface area contributed by atoms with E-state index in [1.54, 1.807) is 0 Å². The highest BCUT2D eigenvalue weighted by atomic mass is 35.6. The molecule has 0 aromatic heterocycles. The monoisotopic (exact) mass is 278 g/mol. The fourth-order valence-electron chi connectivity index (χ4n) is 1.83. The second-order valence-electron chi connectivity index (χ2n) is 4.56. The van der Waals surface area contributed by atoms with Crippen molar-refractivity contribution in [3.05, 3.63) is 0 Å². The van der Waals surface area contributed by atoms with E-state index in [0.29, 0.717) is 6.61 Å². The van der Waals surface area contributed by atoms with Crippen molar-refractivity contribution in [2.45, 2.75) is 70.8 Å². The van der Waals surface area contributed by atoms with E-state index in [1.807, 2.05) is 0 Å². The molecule has 0 atom stereocenters. The lowest BCUT2D eigenvalue weighted by molar-refractivity contribution is -0.141. The Morgan fingerprint density at radius 1 is 0.941 bits per heavy atom. The molecule has 0 saturated carbocycles. The molecular weight excluding hydrogens is 252 g/mol. The highest BCUT2D eigenvalue weighted by Crippen LogP contribution is 2.10. The molecular formula is C13H27ClO2Si. The zero-order valence-electron chi connectivity index (χ0n) is 11.2. The van der Waals surface area contributed by atoms with E-state index >= 15 is 0 Å². The van der Waals surface area contributed by atoms with E-state index in [4.69, 9.17) is 15.8 Å². The quantitative estimate of drug-likeness (QED) is 0.235. The summed E-state index contributed by atoms with van der Waals surface area (Å²) < 4.78 is 4.88. The largest absolute Gasteiger partial charge is 0.466 e. The number of ether oxygens (including phenoxy) is 1. The minimum absolute atomic E-state index is 0.162. The van der Waals surface area contributed by atoms with Crippen LogP contribution in [0.15, 0.2) is 0 Å². The molecule has 0 fully saturated rings. The van der Waals surface area contributed by atoms with Crippen molar-refractivity contribution in [2.24, 2.45) is 0 Å². The molecule has 0 spiro atoms. The van der Waals surface area contributed by atoms with Crippen molar-refractivity contribution in [3.8, 4) is 0 Å². The van der Waals surface area contributed by atoms with Crippen LogP contribution in [0.25, 0.3) is 0 Å². The van der Waals surface area contributed by atoms with Crippen molar-refractivity contribution in [3.63, 3.8) is 0 Å². The zero-order valence-corrected chi connectivity index (χ0v) is 13.3. The van der Waals surface area contributed by atoms with Gasteiger partial charge in [-0.25, -0.2) is 0 Å². The molecule has 0 heterocycles. The minimum atomic E-state index is -0.212. The van der Waals surface area contributed by atoms with Gasteiger partial charge < -0.3 is 4.74 Å². The number of carbonyl (C=O) groups is 1. The molecule has 102 valence electrons.